The second kappa shape index (κ2) is 6.31. The monoisotopic (exact) mass is 261 g/mol. The van der Waals surface area contributed by atoms with Crippen molar-refractivity contribution >= 4 is 27.5 Å². The van der Waals surface area contributed by atoms with Crippen LogP contribution in [-0.4, -0.2) is 17.6 Å². The number of esters is 1. The molecule has 0 bridgehead atoms. The van der Waals surface area contributed by atoms with Gasteiger partial charge in [-0.25, -0.2) is 4.98 Å². The number of carbonyl (C=O) groups is 1. The molecular formula is C14H15NO2S. The van der Waals surface area contributed by atoms with Gasteiger partial charge in [-0.3, -0.25) is 4.79 Å². The molecular weight excluding hydrogens is 246 g/mol. The SMILES string of the molecule is C=CCOC(=O)CCCc1nc2ccccc2s1. The van der Waals surface area contributed by atoms with E-state index in [2.05, 4.69) is 17.6 Å². The molecule has 0 atom stereocenters. The summed E-state index contributed by atoms with van der Waals surface area (Å²) in [7, 11) is 0. The van der Waals surface area contributed by atoms with Crippen molar-refractivity contribution < 1.29 is 9.53 Å². The molecule has 3 nitrogen and oxygen atoms in total. The van der Waals surface area contributed by atoms with Crippen LogP contribution in [0.3, 0.4) is 0 Å². The van der Waals surface area contributed by atoms with E-state index < -0.39 is 0 Å². The van der Waals surface area contributed by atoms with Gasteiger partial charge in [0.05, 0.1) is 15.2 Å². The summed E-state index contributed by atoms with van der Waals surface area (Å²) in [6, 6.07) is 8.07. The number of aryl methyl sites for hydroxylation is 1. The average Bonchev–Trinajstić information content (AvgIpc) is 2.79. The van der Waals surface area contributed by atoms with Crippen LogP contribution in [0.25, 0.3) is 10.2 Å². The number of nitrogens with zero attached hydrogens (tertiary/aromatic N) is 1. The zero-order chi connectivity index (χ0) is 12.8. The zero-order valence-corrected chi connectivity index (χ0v) is 10.9. The second-order valence-electron chi connectivity index (χ2n) is 3.90. The molecule has 0 N–H and O–H groups in total. The molecule has 0 spiro atoms. The number of para-hydroxylation sites is 1. The minimum absolute atomic E-state index is 0.170. The van der Waals surface area contributed by atoms with E-state index in [1.165, 1.54) is 4.70 Å². The molecule has 0 amide bonds. The molecule has 0 fully saturated rings. The van der Waals surface area contributed by atoms with Crippen LogP contribution in [0.15, 0.2) is 36.9 Å². The third-order valence-electron chi connectivity index (χ3n) is 2.47. The fraction of sp³-hybridized carbons (Fsp3) is 0.286. The first-order valence-electron chi connectivity index (χ1n) is 5.90. The second-order valence-corrected chi connectivity index (χ2v) is 5.02. The summed E-state index contributed by atoms with van der Waals surface area (Å²) in [5.74, 6) is -0.170. The molecule has 1 aromatic carbocycles. The van der Waals surface area contributed by atoms with Crippen LogP contribution in [-0.2, 0) is 16.0 Å². The van der Waals surface area contributed by atoms with E-state index in [0.717, 1.165) is 23.4 Å². The van der Waals surface area contributed by atoms with E-state index in [1.807, 2.05) is 18.2 Å². The fourth-order valence-corrected chi connectivity index (χ4v) is 2.64. The van der Waals surface area contributed by atoms with E-state index in [1.54, 1.807) is 17.4 Å². The van der Waals surface area contributed by atoms with Gasteiger partial charge in [0, 0.05) is 6.42 Å². The lowest BCUT2D eigenvalue weighted by Gasteiger charge is -2.00. The minimum Gasteiger partial charge on any atom is -0.461 e. The Kier molecular flexibility index (Phi) is 4.47. The van der Waals surface area contributed by atoms with Gasteiger partial charge in [-0.1, -0.05) is 24.8 Å². The van der Waals surface area contributed by atoms with Crippen molar-refractivity contribution in [3.8, 4) is 0 Å². The molecule has 2 rings (SSSR count). The van der Waals surface area contributed by atoms with Crippen molar-refractivity contribution in [3.05, 3.63) is 41.9 Å². The number of benzene rings is 1. The summed E-state index contributed by atoms with van der Waals surface area (Å²) < 4.78 is 6.11. The molecule has 0 aliphatic heterocycles. The van der Waals surface area contributed by atoms with Gasteiger partial charge < -0.3 is 4.74 Å². The molecule has 0 aliphatic rings. The van der Waals surface area contributed by atoms with Gasteiger partial charge in [-0.15, -0.1) is 11.3 Å². The van der Waals surface area contributed by atoms with Gasteiger partial charge in [0.15, 0.2) is 0 Å². The third-order valence-corrected chi connectivity index (χ3v) is 3.57. The number of hydrogen-bond donors (Lipinski definition) is 0. The number of carbonyl (C=O) groups excluding carboxylic acids is 1. The van der Waals surface area contributed by atoms with Crippen LogP contribution in [0.5, 0.6) is 0 Å². The highest BCUT2D eigenvalue weighted by Gasteiger charge is 2.05. The maximum Gasteiger partial charge on any atom is 0.306 e. The minimum atomic E-state index is -0.170. The van der Waals surface area contributed by atoms with Crippen LogP contribution in [0.4, 0.5) is 0 Å². The lowest BCUT2D eigenvalue weighted by Crippen LogP contribution is -2.04. The third kappa shape index (κ3) is 3.40. The Morgan fingerprint density at radius 3 is 3.06 bits per heavy atom. The molecule has 0 unspecified atom stereocenters. The summed E-state index contributed by atoms with van der Waals surface area (Å²) in [4.78, 5) is 15.8. The van der Waals surface area contributed by atoms with Gasteiger partial charge in [0.25, 0.3) is 0 Å². The Bertz CT molecular complexity index is 514. The Balaban J connectivity index is 1.83. The maximum absolute atomic E-state index is 11.3. The number of fused-ring (bicyclic) bond motifs is 1. The van der Waals surface area contributed by atoms with Crippen LogP contribution in [0.2, 0.25) is 0 Å². The van der Waals surface area contributed by atoms with Crippen molar-refractivity contribution in [1.82, 2.24) is 4.98 Å². The molecule has 0 aliphatic carbocycles. The molecule has 94 valence electrons. The van der Waals surface area contributed by atoms with Gasteiger partial charge in [-0.2, -0.15) is 0 Å². The lowest BCUT2D eigenvalue weighted by atomic mass is 10.2. The number of hydrogen-bond acceptors (Lipinski definition) is 4. The Hall–Kier alpha value is -1.68. The Morgan fingerprint density at radius 1 is 1.44 bits per heavy atom. The average molecular weight is 261 g/mol. The van der Waals surface area contributed by atoms with Crippen LogP contribution < -0.4 is 0 Å². The van der Waals surface area contributed by atoms with Gasteiger partial charge in [0.2, 0.25) is 0 Å². The predicted molar refractivity (Wildman–Crippen MR) is 73.7 cm³/mol. The molecule has 0 saturated heterocycles. The number of ether oxygens (including phenoxy) is 1. The highest BCUT2D eigenvalue weighted by Crippen LogP contribution is 2.22. The quantitative estimate of drug-likeness (QED) is 0.591. The molecule has 4 heteroatoms. The number of thiazole rings is 1. The number of rotatable bonds is 6. The summed E-state index contributed by atoms with van der Waals surface area (Å²) >= 11 is 1.69. The predicted octanol–water partition coefficient (Wildman–Crippen LogP) is 3.35. The van der Waals surface area contributed by atoms with Crippen molar-refractivity contribution in [2.75, 3.05) is 6.61 Å². The molecule has 2 aromatic rings. The van der Waals surface area contributed by atoms with E-state index in [9.17, 15) is 4.79 Å². The molecule has 0 saturated carbocycles. The van der Waals surface area contributed by atoms with Crippen LogP contribution in [0.1, 0.15) is 17.8 Å². The highest BCUT2D eigenvalue weighted by molar-refractivity contribution is 7.18. The lowest BCUT2D eigenvalue weighted by molar-refractivity contribution is -0.142. The fourth-order valence-electron chi connectivity index (χ4n) is 1.63. The standard InChI is InChI=1S/C14H15NO2S/c1-2-10-17-14(16)9-5-8-13-15-11-6-3-4-7-12(11)18-13/h2-4,6-7H,1,5,8-10H2. The van der Waals surface area contributed by atoms with Crippen LogP contribution >= 0.6 is 11.3 Å². The summed E-state index contributed by atoms with van der Waals surface area (Å²) in [6.45, 7) is 3.79. The van der Waals surface area contributed by atoms with Crippen molar-refractivity contribution in [3.63, 3.8) is 0 Å². The van der Waals surface area contributed by atoms with Crippen molar-refractivity contribution in [2.45, 2.75) is 19.3 Å². The first-order chi connectivity index (χ1) is 8.79. The van der Waals surface area contributed by atoms with E-state index in [-0.39, 0.29) is 5.97 Å². The maximum atomic E-state index is 11.3. The van der Waals surface area contributed by atoms with E-state index >= 15 is 0 Å². The molecule has 18 heavy (non-hydrogen) atoms. The van der Waals surface area contributed by atoms with Crippen LogP contribution in [0, 0.1) is 0 Å². The largest absolute Gasteiger partial charge is 0.461 e. The summed E-state index contributed by atoms with van der Waals surface area (Å²) in [6.07, 6.45) is 3.60. The van der Waals surface area contributed by atoms with Gasteiger partial charge in [0.1, 0.15) is 6.61 Å². The number of aromatic nitrogens is 1. The van der Waals surface area contributed by atoms with Gasteiger partial charge >= 0.3 is 5.97 Å². The van der Waals surface area contributed by atoms with Gasteiger partial charge in [-0.05, 0) is 25.0 Å². The summed E-state index contributed by atoms with van der Waals surface area (Å²) in [5, 5.41) is 1.08. The zero-order valence-electron chi connectivity index (χ0n) is 10.1. The molecule has 0 radical (unpaired) electrons. The Labute approximate surface area is 110 Å². The molecule has 1 aromatic heterocycles. The highest BCUT2D eigenvalue weighted by atomic mass is 32.1. The van der Waals surface area contributed by atoms with Crippen molar-refractivity contribution in [1.29, 1.82) is 0 Å². The Morgan fingerprint density at radius 2 is 2.28 bits per heavy atom. The van der Waals surface area contributed by atoms with E-state index in [0.29, 0.717) is 13.0 Å². The molecule has 1 heterocycles. The van der Waals surface area contributed by atoms with Crippen molar-refractivity contribution in [2.24, 2.45) is 0 Å². The normalized spacial score (nSPS) is 10.4. The summed E-state index contributed by atoms with van der Waals surface area (Å²) in [5.41, 5.74) is 1.03. The first kappa shape index (κ1) is 12.8. The first-order valence-corrected chi connectivity index (χ1v) is 6.72. The smallest absolute Gasteiger partial charge is 0.306 e. The topological polar surface area (TPSA) is 39.2 Å². The van der Waals surface area contributed by atoms with E-state index in [4.69, 9.17) is 4.74 Å².